The maximum Gasteiger partial charge on any atom is 0.341 e. The molecule has 3 rings (SSSR count). The van der Waals surface area contributed by atoms with Crippen LogP contribution in [0.5, 0.6) is 0 Å². The van der Waals surface area contributed by atoms with E-state index in [0.29, 0.717) is 18.9 Å². The van der Waals surface area contributed by atoms with Gasteiger partial charge in [0, 0.05) is 12.2 Å². The van der Waals surface area contributed by atoms with E-state index in [1.165, 1.54) is 4.57 Å². The Balaban J connectivity index is 2.41. The molecule has 2 aromatic rings. The minimum Gasteiger partial charge on any atom is -0.480 e. The molecule has 11 nitrogen and oxygen atoms in total. The van der Waals surface area contributed by atoms with Crippen molar-refractivity contribution < 1.29 is 34.2 Å². The number of pyridine rings is 1. The first-order valence-corrected chi connectivity index (χ1v) is 8.51. The quantitative estimate of drug-likeness (QED) is 0.389. The Labute approximate surface area is 161 Å². The van der Waals surface area contributed by atoms with E-state index >= 15 is 0 Å². The number of anilines is 1. The molecule has 0 saturated heterocycles. The first-order chi connectivity index (χ1) is 13.5. The van der Waals surface area contributed by atoms with Gasteiger partial charge in [-0.2, -0.15) is 0 Å². The lowest BCUT2D eigenvalue weighted by Gasteiger charge is -2.20. The minimum atomic E-state index is -1.76. The maximum atomic E-state index is 14.8. The normalized spacial score (nSPS) is 15.7. The number of nitrogens with one attached hydrogen (secondary N) is 1. The van der Waals surface area contributed by atoms with Crippen LogP contribution < -0.4 is 10.7 Å². The number of halogens is 1. The fourth-order valence-corrected chi connectivity index (χ4v) is 3.12. The fraction of sp³-hybridized carbons (Fsp3) is 0.353. The molecule has 12 heteroatoms. The second-order valence-electron chi connectivity index (χ2n) is 6.75. The molecule has 1 heterocycles. The van der Waals surface area contributed by atoms with E-state index < -0.39 is 62.6 Å². The molecule has 1 aromatic carbocycles. The molecule has 1 fully saturated rings. The predicted molar refractivity (Wildman–Crippen MR) is 96.8 cm³/mol. The van der Waals surface area contributed by atoms with E-state index in [2.05, 4.69) is 5.32 Å². The van der Waals surface area contributed by atoms with Crippen LogP contribution in [0.4, 0.5) is 15.8 Å². The van der Waals surface area contributed by atoms with Gasteiger partial charge < -0.3 is 25.2 Å². The number of carbonyl (C=O) groups is 2. The van der Waals surface area contributed by atoms with Gasteiger partial charge in [0.15, 0.2) is 17.5 Å². The Hall–Kier alpha value is -3.54. The third kappa shape index (κ3) is 3.49. The number of aromatic nitrogens is 1. The van der Waals surface area contributed by atoms with E-state index in [4.69, 9.17) is 0 Å². The summed E-state index contributed by atoms with van der Waals surface area (Å²) in [4.78, 5) is 46.0. The summed E-state index contributed by atoms with van der Waals surface area (Å²) in [6.07, 6.45) is 0.588. The average molecular weight is 409 g/mol. The van der Waals surface area contributed by atoms with Gasteiger partial charge in [0.25, 0.3) is 0 Å². The molecule has 4 N–H and O–H groups in total. The summed E-state index contributed by atoms with van der Waals surface area (Å²) >= 11 is 0. The number of rotatable bonds is 7. The molecular formula is C17H16FN3O8. The lowest BCUT2D eigenvalue weighted by molar-refractivity contribution is -0.382. The molecule has 0 bridgehead atoms. The average Bonchev–Trinajstić information content (AvgIpc) is 3.44. The summed E-state index contributed by atoms with van der Waals surface area (Å²) in [5, 5.41) is 41.5. The van der Waals surface area contributed by atoms with Crippen LogP contribution in [0.1, 0.15) is 36.2 Å². The predicted octanol–water partition coefficient (Wildman–Crippen LogP) is 1.33. The molecule has 1 aliphatic carbocycles. The second kappa shape index (κ2) is 7.13. The van der Waals surface area contributed by atoms with Crippen molar-refractivity contribution in [3.8, 4) is 0 Å². The summed E-state index contributed by atoms with van der Waals surface area (Å²) in [5.74, 6) is -4.45. The number of nitro groups is 1. The van der Waals surface area contributed by atoms with Crippen molar-refractivity contribution >= 4 is 34.2 Å². The molecular weight excluding hydrogens is 393 g/mol. The second-order valence-corrected chi connectivity index (χ2v) is 6.75. The number of aromatic carboxylic acids is 1. The molecule has 1 aliphatic rings. The Kier molecular flexibility index (Phi) is 4.96. The molecule has 0 aliphatic heterocycles. The molecule has 2 atom stereocenters. The van der Waals surface area contributed by atoms with Gasteiger partial charge in [-0.1, -0.05) is 0 Å². The van der Waals surface area contributed by atoms with Crippen LogP contribution in [0, 0.1) is 15.9 Å². The Morgan fingerprint density at radius 2 is 2.00 bits per heavy atom. The molecule has 1 aromatic heterocycles. The third-order valence-corrected chi connectivity index (χ3v) is 4.64. The smallest absolute Gasteiger partial charge is 0.341 e. The van der Waals surface area contributed by atoms with Crippen molar-refractivity contribution in [3.05, 3.63) is 44.0 Å². The Bertz CT molecular complexity index is 1110. The minimum absolute atomic E-state index is 0.314. The maximum absolute atomic E-state index is 14.8. The summed E-state index contributed by atoms with van der Waals surface area (Å²) < 4.78 is 16.0. The van der Waals surface area contributed by atoms with Gasteiger partial charge in [0.05, 0.1) is 16.4 Å². The zero-order chi connectivity index (χ0) is 21.6. The molecule has 0 amide bonds. The molecule has 0 radical (unpaired) electrons. The molecule has 1 unspecified atom stereocenters. The lowest BCUT2D eigenvalue weighted by Crippen LogP contribution is -2.39. The first kappa shape index (κ1) is 20.2. The van der Waals surface area contributed by atoms with Crippen LogP contribution in [-0.2, 0) is 4.79 Å². The number of carboxylic acid groups (broad SMARTS) is 2. The van der Waals surface area contributed by atoms with E-state index in [0.717, 1.165) is 13.1 Å². The first-order valence-electron chi connectivity index (χ1n) is 8.51. The van der Waals surface area contributed by atoms with Gasteiger partial charge >= 0.3 is 17.6 Å². The standard InChI is InChI=1S/C17H16FN3O8/c1-6(22)11(17(26)27)19-12-10(18)4-8-13(14(12)21(28)29)20(7-2-3-7)5-9(15(8)23)16(24)25/h4-7,11,19,22H,2-3H2,1H3,(H,24,25)(H,26,27)/t6?,11-/m0/s1. The van der Waals surface area contributed by atoms with Crippen LogP contribution >= 0.6 is 0 Å². The van der Waals surface area contributed by atoms with Gasteiger partial charge in [0.1, 0.15) is 11.1 Å². The number of carboxylic acids is 2. The summed E-state index contributed by atoms with van der Waals surface area (Å²) in [5.41, 5.74) is -3.79. The van der Waals surface area contributed by atoms with Crippen LogP contribution in [0.2, 0.25) is 0 Å². The number of nitro benzene ring substituents is 1. The number of benzene rings is 1. The highest BCUT2D eigenvalue weighted by Crippen LogP contribution is 2.42. The van der Waals surface area contributed by atoms with Crippen molar-refractivity contribution in [2.24, 2.45) is 0 Å². The van der Waals surface area contributed by atoms with E-state index in [1.807, 2.05) is 0 Å². The van der Waals surface area contributed by atoms with Gasteiger partial charge in [-0.25, -0.2) is 14.0 Å². The van der Waals surface area contributed by atoms with Gasteiger partial charge in [0.2, 0.25) is 5.43 Å². The zero-order valence-corrected chi connectivity index (χ0v) is 15.0. The summed E-state index contributed by atoms with van der Waals surface area (Å²) in [6.45, 7) is 1.11. The molecule has 1 saturated carbocycles. The van der Waals surface area contributed by atoms with Crippen LogP contribution in [-0.4, -0.2) is 48.9 Å². The van der Waals surface area contributed by atoms with E-state index in [-0.39, 0.29) is 11.6 Å². The van der Waals surface area contributed by atoms with Crippen LogP contribution in [0.25, 0.3) is 10.9 Å². The lowest BCUT2D eigenvalue weighted by atomic mass is 10.1. The number of aliphatic hydroxyl groups excluding tert-OH is 1. The summed E-state index contributed by atoms with van der Waals surface area (Å²) in [7, 11) is 0. The highest BCUT2D eigenvalue weighted by atomic mass is 19.1. The van der Waals surface area contributed by atoms with Crippen molar-refractivity contribution in [1.82, 2.24) is 4.57 Å². The van der Waals surface area contributed by atoms with Gasteiger partial charge in [-0.3, -0.25) is 14.9 Å². The Morgan fingerprint density at radius 3 is 2.45 bits per heavy atom. The largest absolute Gasteiger partial charge is 0.480 e. The number of aliphatic carboxylic acids is 1. The van der Waals surface area contributed by atoms with Gasteiger partial charge in [-0.05, 0) is 25.8 Å². The van der Waals surface area contributed by atoms with E-state index in [9.17, 15) is 44.2 Å². The van der Waals surface area contributed by atoms with Crippen molar-refractivity contribution in [2.75, 3.05) is 5.32 Å². The number of nitrogens with zero attached hydrogens (tertiary/aromatic N) is 2. The number of aliphatic hydroxyl groups is 1. The highest BCUT2D eigenvalue weighted by Gasteiger charge is 2.35. The molecule has 29 heavy (non-hydrogen) atoms. The highest BCUT2D eigenvalue weighted by molar-refractivity contribution is 5.99. The molecule has 0 spiro atoms. The van der Waals surface area contributed by atoms with Crippen molar-refractivity contribution in [2.45, 2.75) is 38.0 Å². The number of fused-ring (bicyclic) bond motifs is 1. The fourth-order valence-electron chi connectivity index (χ4n) is 3.12. The number of hydrogen-bond acceptors (Lipinski definition) is 7. The van der Waals surface area contributed by atoms with Gasteiger partial charge in [-0.15, -0.1) is 0 Å². The Morgan fingerprint density at radius 1 is 1.38 bits per heavy atom. The molecule has 154 valence electrons. The summed E-state index contributed by atoms with van der Waals surface area (Å²) in [6, 6.07) is -1.44. The van der Waals surface area contributed by atoms with Crippen molar-refractivity contribution in [3.63, 3.8) is 0 Å². The van der Waals surface area contributed by atoms with Crippen LogP contribution in [0.15, 0.2) is 17.1 Å². The monoisotopic (exact) mass is 409 g/mol. The van der Waals surface area contributed by atoms with Crippen molar-refractivity contribution in [1.29, 1.82) is 0 Å². The third-order valence-electron chi connectivity index (χ3n) is 4.64. The van der Waals surface area contributed by atoms with Crippen LogP contribution in [0.3, 0.4) is 0 Å². The van der Waals surface area contributed by atoms with E-state index in [1.54, 1.807) is 0 Å². The topological polar surface area (TPSA) is 172 Å². The number of hydrogen-bond donors (Lipinski definition) is 4. The zero-order valence-electron chi connectivity index (χ0n) is 15.0. The SMILES string of the molecule is CC(O)[C@H](Nc1c(F)cc2c(=O)c(C(=O)O)cn(C3CC3)c2c1[N+](=O)[O-])C(=O)O.